The molecule has 21 heavy (non-hydrogen) atoms. The van der Waals surface area contributed by atoms with E-state index in [4.69, 9.17) is 9.47 Å². The van der Waals surface area contributed by atoms with E-state index in [-0.39, 0.29) is 17.1 Å². The molecule has 0 unspecified atom stereocenters. The Morgan fingerprint density at radius 3 is 2.57 bits per heavy atom. The standard InChI is InChI=1S/C12H15N3O6/c1-2-20-7-8-21-6-5-13-11-4-3-10(14(16)17)9-12(11)15(18)19/h2-4,9,13H,1,5-8H2. The molecular weight excluding hydrogens is 282 g/mol. The van der Waals surface area contributed by atoms with Crippen molar-refractivity contribution in [1.82, 2.24) is 0 Å². The van der Waals surface area contributed by atoms with Crippen molar-refractivity contribution in [2.75, 3.05) is 31.7 Å². The number of ether oxygens (including phenoxy) is 2. The van der Waals surface area contributed by atoms with E-state index < -0.39 is 9.85 Å². The Labute approximate surface area is 120 Å². The zero-order valence-electron chi connectivity index (χ0n) is 11.2. The summed E-state index contributed by atoms with van der Waals surface area (Å²) in [6.07, 6.45) is 1.31. The average molecular weight is 297 g/mol. The van der Waals surface area contributed by atoms with E-state index in [2.05, 4.69) is 11.9 Å². The third kappa shape index (κ3) is 5.45. The Morgan fingerprint density at radius 2 is 1.95 bits per heavy atom. The van der Waals surface area contributed by atoms with Gasteiger partial charge in [0.25, 0.3) is 11.4 Å². The maximum atomic E-state index is 10.9. The van der Waals surface area contributed by atoms with Crippen molar-refractivity contribution in [3.8, 4) is 0 Å². The predicted octanol–water partition coefficient (Wildman–Crippen LogP) is 2.09. The minimum absolute atomic E-state index is 0.205. The maximum absolute atomic E-state index is 10.9. The number of non-ortho nitro benzene ring substituents is 1. The summed E-state index contributed by atoms with van der Waals surface area (Å²) in [7, 11) is 0. The molecule has 114 valence electrons. The van der Waals surface area contributed by atoms with Gasteiger partial charge in [0, 0.05) is 12.6 Å². The molecule has 0 radical (unpaired) electrons. The van der Waals surface area contributed by atoms with Gasteiger partial charge in [-0.1, -0.05) is 6.58 Å². The van der Waals surface area contributed by atoms with Gasteiger partial charge < -0.3 is 14.8 Å². The summed E-state index contributed by atoms with van der Waals surface area (Å²) in [6, 6.07) is 3.42. The van der Waals surface area contributed by atoms with Crippen molar-refractivity contribution in [2.45, 2.75) is 0 Å². The van der Waals surface area contributed by atoms with E-state index in [0.717, 1.165) is 6.07 Å². The number of nitro groups is 2. The van der Waals surface area contributed by atoms with Crippen molar-refractivity contribution in [3.05, 3.63) is 51.3 Å². The van der Waals surface area contributed by atoms with E-state index in [9.17, 15) is 20.2 Å². The lowest BCUT2D eigenvalue weighted by Crippen LogP contribution is -2.12. The number of anilines is 1. The largest absolute Gasteiger partial charge is 0.499 e. The van der Waals surface area contributed by atoms with Crippen LogP contribution < -0.4 is 5.32 Å². The van der Waals surface area contributed by atoms with Crippen LogP contribution in [0, 0.1) is 20.2 Å². The molecule has 1 aromatic rings. The summed E-state index contributed by atoms with van der Waals surface area (Å²) in [6.45, 7) is 4.77. The van der Waals surface area contributed by atoms with E-state index in [1.165, 1.54) is 18.4 Å². The van der Waals surface area contributed by atoms with Gasteiger partial charge in [-0.2, -0.15) is 0 Å². The van der Waals surface area contributed by atoms with Crippen molar-refractivity contribution in [3.63, 3.8) is 0 Å². The zero-order valence-corrected chi connectivity index (χ0v) is 11.2. The van der Waals surface area contributed by atoms with Crippen LogP contribution in [0.15, 0.2) is 31.0 Å². The number of nitrogens with zero attached hydrogens (tertiary/aromatic N) is 2. The van der Waals surface area contributed by atoms with Gasteiger partial charge in [-0.05, 0) is 6.07 Å². The molecule has 0 heterocycles. The van der Waals surface area contributed by atoms with Crippen LogP contribution in [0.2, 0.25) is 0 Å². The average Bonchev–Trinajstić information content (AvgIpc) is 2.46. The summed E-state index contributed by atoms with van der Waals surface area (Å²) in [5.41, 5.74) is -0.471. The molecule has 9 heteroatoms. The molecule has 9 nitrogen and oxygen atoms in total. The van der Waals surface area contributed by atoms with Crippen molar-refractivity contribution in [1.29, 1.82) is 0 Å². The second-order valence-corrected chi connectivity index (χ2v) is 3.79. The number of nitrogens with one attached hydrogen (secondary N) is 1. The lowest BCUT2D eigenvalue weighted by Gasteiger charge is -2.07. The molecule has 0 fully saturated rings. The second kappa shape index (κ2) is 8.48. The molecule has 1 aromatic carbocycles. The molecule has 0 atom stereocenters. The molecule has 0 saturated carbocycles. The van der Waals surface area contributed by atoms with Crippen molar-refractivity contribution in [2.24, 2.45) is 0 Å². The van der Waals surface area contributed by atoms with Crippen LogP contribution in [-0.4, -0.2) is 36.2 Å². The van der Waals surface area contributed by atoms with Gasteiger partial charge in [-0.15, -0.1) is 0 Å². The molecule has 0 aliphatic heterocycles. The minimum atomic E-state index is -0.681. The van der Waals surface area contributed by atoms with E-state index in [0.29, 0.717) is 26.4 Å². The Balaban J connectivity index is 2.52. The quantitative estimate of drug-likeness (QED) is 0.304. The number of hydrogen-bond acceptors (Lipinski definition) is 7. The van der Waals surface area contributed by atoms with Crippen molar-refractivity contribution >= 4 is 17.1 Å². The summed E-state index contributed by atoms with van der Waals surface area (Å²) in [5, 5.41) is 24.3. The fraction of sp³-hybridized carbons (Fsp3) is 0.333. The van der Waals surface area contributed by atoms with Gasteiger partial charge in [0.2, 0.25) is 0 Å². The van der Waals surface area contributed by atoms with Crippen LogP contribution in [0.3, 0.4) is 0 Å². The summed E-state index contributed by atoms with van der Waals surface area (Å²) >= 11 is 0. The highest BCUT2D eigenvalue weighted by Crippen LogP contribution is 2.28. The van der Waals surface area contributed by atoms with E-state index in [1.54, 1.807) is 0 Å². The summed E-state index contributed by atoms with van der Waals surface area (Å²) < 4.78 is 10.1. The molecule has 1 rings (SSSR count). The molecule has 0 aliphatic carbocycles. The normalized spacial score (nSPS) is 9.90. The molecule has 1 N–H and O–H groups in total. The fourth-order valence-corrected chi connectivity index (χ4v) is 1.48. The highest BCUT2D eigenvalue weighted by Gasteiger charge is 2.18. The van der Waals surface area contributed by atoms with Crippen molar-refractivity contribution < 1.29 is 19.3 Å². The Hall–Kier alpha value is -2.68. The first-order valence-corrected chi connectivity index (χ1v) is 6.03. The van der Waals surface area contributed by atoms with Gasteiger partial charge in [0.15, 0.2) is 0 Å². The van der Waals surface area contributed by atoms with Crippen LogP contribution in [0.4, 0.5) is 17.1 Å². The summed E-state index contributed by atoms with van der Waals surface area (Å²) in [5.74, 6) is 0. The Morgan fingerprint density at radius 1 is 1.19 bits per heavy atom. The minimum Gasteiger partial charge on any atom is -0.499 e. The van der Waals surface area contributed by atoms with Crippen LogP contribution in [0.1, 0.15) is 0 Å². The fourth-order valence-electron chi connectivity index (χ4n) is 1.48. The first-order chi connectivity index (χ1) is 10.1. The predicted molar refractivity (Wildman–Crippen MR) is 75.2 cm³/mol. The second-order valence-electron chi connectivity index (χ2n) is 3.79. The van der Waals surface area contributed by atoms with Gasteiger partial charge >= 0.3 is 0 Å². The van der Waals surface area contributed by atoms with Crippen LogP contribution in [-0.2, 0) is 9.47 Å². The first-order valence-electron chi connectivity index (χ1n) is 6.03. The molecule has 0 amide bonds. The first kappa shape index (κ1) is 16.4. The highest BCUT2D eigenvalue weighted by atomic mass is 16.6. The lowest BCUT2D eigenvalue weighted by molar-refractivity contribution is -0.393. The van der Waals surface area contributed by atoms with E-state index >= 15 is 0 Å². The zero-order chi connectivity index (χ0) is 15.7. The lowest BCUT2D eigenvalue weighted by atomic mass is 10.2. The maximum Gasteiger partial charge on any atom is 0.299 e. The molecule has 0 aliphatic rings. The van der Waals surface area contributed by atoms with Crippen LogP contribution in [0.5, 0.6) is 0 Å². The third-order valence-corrected chi connectivity index (χ3v) is 2.41. The van der Waals surface area contributed by atoms with Gasteiger partial charge in [0.05, 0.1) is 35.4 Å². The van der Waals surface area contributed by atoms with Gasteiger partial charge in [-0.3, -0.25) is 20.2 Å². The third-order valence-electron chi connectivity index (χ3n) is 2.41. The molecular formula is C12H15N3O6. The van der Waals surface area contributed by atoms with Gasteiger partial charge in [-0.25, -0.2) is 0 Å². The number of nitro benzene ring substituents is 2. The smallest absolute Gasteiger partial charge is 0.299 e. The SMILES string of the molecule is C=COCCOCCNc1ccc([N+](=O)[O-])cc1[N+](=O)[O-]. The molecule has 0 spiro atoms. The summed E-state index contributed by atoms with van der Waals surface area (Å²) in [4.78, 5) is 20.1. The number of rotatable bonds is 10. The molecule has 0 bridgehead atoms. The molecule has 0 aromatic heterocycles. The Bertz CT molecular complexity index is 520. The Kier molecular flexibility index (Phi) is 6.61. The van der Waals surface area contributed by atoms with Crippen LogP contribution in [0.25, 0.3) is 0 Å². The van der Waals surface area contributed by atoms with Crippen LogP contribution >= 0.6 is 0 Å². The van der Waals surface area contributed by atoms with Gasteiger partial charge in [0.1, 0.15) is 12.3 Å². The highest BCUT2D eigenvalue weighted by molar-refractivity contribution is 5.65. The topological polar surface area (TPSA) is 117 Å². The molecule has 0 saturated heterocycles. The van der Waals surface area contributed by atoms with E-state index in [1.807, 2.05) is 0 Å². The number of benzene rings is 1. The number of hydrogen-bond donors (Lipinski definition) is 1. The monoisotopic (exact) mass is 297 g/mol.